The van der Waals surface area contributed by atoms with E-state index in [0.29, 0.717) is 6.54 Å². The number of aromatic nitrogens is 2. The molecule has 0 radical (unpaired) electrons. The maximum Gasteiger partial charge on any atom is 0.156 e. The largest absolute Gasteiger partial charge is 0.351 e. The number of hydrogen-bond donors (Lipinski definition) is 1. The van der Waals surface area contributed by atoms with Gasteiger partial charge in [-0.1, -0.05) is 30.3 Å². The molecule has 0 fully saturated rings. The quantitative estimate of drug-likeness (QED) is 0.870. The average Bonchev–Trinajstić information content (AvgIpc) is 2.46. The van der Waals surface area contributed by atoms with Crippen molar-refractivity contribution in [1.29, 1.82) is 0 Å². The lowest BCUT2D eigenvalue weighted by Crippen LogP contribution is -2.25. The van der Waals surface area contributed by atoms with Crippen LogP contribution in [0.1, 0.15) is 18.1 Å². The van der Waals surface area contributed by atoms with Crippen LogP contribution in [0.5, 0.6) is 0 Å². The van der Waals surface area contributed by atoms with Crippen molar-refractivity contribution in [3.63, 3.8) is 0 Å². The summed E-state index contributed by atoms with van der Waals surface area (Å²) >= 11 is 0. The highest BCUT2D eigenvalue weighted by atomic mass is 15.3. The van der Waals surface area contributed by atoms with Crippen molar-refractivity contribution >= 4 is 5.82 Å². The molecule has 1 heterocycles. The van der Waals surface area contributed by atoms with Crippen molar-refractivity contribution in [3.8, 4) is 0 Å². The Bertz CT molecular complexity index is 484. The topological polar surface area (TPSA) is 55.0 Å². The Balaban J connectivity index is 2.23. The lowest BCUT2D eigenvalue weighted by molar-refractivity contribution is 0.782. The van der Waals surface area contributed by atoms with Crippen LogP contribution in [0.15, 0.2) is 42.6 Å². The minimum absolute atomic E-state index is 0.482. The zero-order valence-electron chi connectivity index (χ0n) is 10.6. The Hall–Kier alpha value is -1.94. The summed E-state index contributed by atoms with van der Waals surface area (Å²) in [6.07, 6.45) is 1.68. The molecule has 0 atom stereocenters. The third-order valence-electron chi connectivity index (χ3n) is 2.90. The van der Waals surface area contributed by atoms with Gasteiger partial charge in [-0.2, -0.15) is 5.10 Å². The molecule has 2 aromatic rings. The SMILES string of the molecule is CCN(Cc1ccccc1)c1nnccc1CN. The van der Waals surface area contributed by atoms with Crippen LogP contribution in [0.3, 0.4) is 0 Å². The number of nitrogens with two attached hydrogens (primary N) is 1. The first-order valence-corrected chi connectivity index (χ1v) is 6.14. The monoisotopic (exact) mass is 242 g/mol. The fraction of sp³-hybridized carbons (Fsp3) is 0.286. The molecule has 4 heteroatoms. The van der Waals surface area contributed by atoms with E-state index in [9.17, 15) is 0 Å². The molecule has 18 heavy (non-hydrogen) atoms. The smallest absolute Gasteiger partial charge is 0.156 e. The lowest BCUT2D eigenvalue weighted by Gasteiger charge is -2.23. The van der Waals surface area contributed by atoms with E-state index in [2.05, 4.69) is 34.2 Å². The van der Waals surface area contributed by atoms with Crippen molar-refractivity contribution in [3.05, 3.63) is 53.7 Å². The lowest BCUT2D eigenvalue weighted by atomic mass is 10.2. The molecule has 0 unspecified atom stereocenters. The number of nitrogens with zero attached hydrogens (tertiary/aromatic N) is 3. The summed E-state index contributed by atoms with van der Waals surface area (Å²) in [4.78, 5) is 2.19. The third kappa shape index (κ3) is 2.84. The zero-order chi connectivity index (χ0) is 12.8. The van der Waals surface area contributed by atoms with E-state index in [4.69, 9.17) is 5.73 Å². The molecule has 0 aliphatic heterocycles. The standard InChI is InChI=1S/C14H18N4/c1-2-18(11-12-6-4-3-5-7-12)14-13(10-15)8-9-16-17-14/h3-9H,2,10-11,15H2,1H3. The molecule has 0 bridgehead atoms. The average molecular weight is 242 g/mol. The van der Waals surface area contributed by atoms with Gasteiger partial charge < -0.3 is 10.6 Å². The van der Waals surface area contributed by atoms with Crippen LogP contribution in [0.2, 0.25) is 0 Å². The fourth-order valence-electron chi connectivity index (χ4n) is 1.92. The van der Waals surface area contributed by atoms with Gasteiger partial charge in [-0.15, -0.1) is 5.10 Å². The van der Waals surface area contributed by atoms with Crippen LogP contribution in [0.25, 0.3) is 0 Å². The van der Waals surface area contributed by atoms with E-state index >= 15 is 0 Å². The molecular formula is C14H18N4. The molecular weight excluding hydrogens is 224 g/mol. The summed E-state index contributed by atoms with van der Waals surface area (Å²) in [6, 6.07) is 12.3. The second-order valence-corrected chi connectivity index (χ2v) is 4.08. The molecule has 0 saturated carbocycles. The second-order valence-electron chi connectivity index (χ2n) is 4.08. The molecule has 94 valence electrons. The van der Waals surface area contributed by atoms with E-state index < -0.39 is 0 Å². The van der Waals surface area contributed by atoms with Gasteiger partial charge in [0.15, 0.2) is 5.82 Å². The summed E-state index contributed by atoms with van der Waals surface area (Å²) in [5.41, 5.74) is 8.03. The molecule has 0 aliphatic carbocycles. The first kappa shape index (κ1) is 12.5. The molecule has 1 aromatic carbocycles. The molecule has 0 aliphatic rings. The second kappa shape index (κ2) is 6.12. The molecule has 2 N–H and O–H groups in total. The Morgan fingerprint density at radius 2 is 1.94 bits per heavy atom. The van der Waals surface area contributed by atoms with Gasteiger partial charge in [-0.05, 0) is 18.6 Å². The summed E-state index contributed by atoms with van der Waals surface area (Å²) in [5, 5.41) is 8.17. The van der Waals surface area contributed by atoms with Gasteiger partial charge in [0.1, 0.15) is 0 Å². The molecule has 1 aromatic heterocycles. The van der Waals surface area contributed by atoms with Crippen LogP contribution < -0.4 is 10.6 Å². The van der Waals surface area contributed by atoms with Crippen LogP contribution in [-0.2, 0) is 13.1 Å². The van der Waals surface area contributed by atoms with Gasteiger partial charge in [0.05, 0.1) is 6.20 Å². The minimum Gasteiger partial charge on any atom is -0.351 e. The zero-order valence-corrected chi connectivity index (χ0v) is 10.6. The number of anilines is 1. The van der Waals surface area contributed by atoms with E-state index in [-0.39, 0.29) is 0 Å². The molecule has 4 nitrogen and oxygen atoms in total. The fourth-order valence-corrected chi connectivity index (χ4v) is 1.92. The summed E-state index contributed by atoms with van der Waals surface area (Å²) in [5.74, 6) is 0.881. The van der Waals surface area contributed by atoms with Crippen molar-refractivity contribution in [2.75, 3.05) is 11.4 Å². The van der Waals surface area contributed by atoms with Crippen molar-refractivity contribution in [2.24, 2.45) is 5.73 Å². The number of benzene rings is 1. The van der Waals surface area contributed by atoms with E-state index in [1.165, 1.54) is 5.56 Å². The molecule has 2 rings (SSSR count). The van der Waals surface area contributed by atoms with Gasteiger partial charge in [0.2, 0.25) is 0 Å². The van der Waals surface area contributed by atoms with Gasteiger partial charge in [-0.25, -0.2) is 0 Å². The molecule has 0 amide bonds. The highest BCUT2D eigenvalue weighted by Crippen LogP contribution is 2.18. The van der Waals surface area contributed by atoms with E-state index in [1.54, 1.807) is 6.20 Å². The Kier molecular flexibility index (Phi) is 4.25. The van der Waals surface area contributed by atoms with Gasteiger partial charge >= 0.3 is 0 Å². The van der Waals surface area contributed by atoms with Gasteiger partial charge in [0, 0.05) is 25.2 Å². The number of hydrogen-bond acceptors (Lipinski definition) is 4. The Morgan fingerprint density at radius 1 is 1.17 bits per heavy atom. The number of rotatable bonds is 5. The van der Waals surface area contributed by atoms with Crippen LogP contribution in [0.4, 0.5) is 5.82 Å². The van der Waals surface area contributed by atoms with Gasteiger partial charge in [0.25, 0.3) is 0 Å². The van der Waals surface area contributed by atoms with Crippen LogP contribution >= 0.6 is 0 Å². The maximum atomic E-state index is 5.74. The van der Waals surface area contributed by atoms with E-state index in [1.807, 2.05) is 24.3 Å². The van der Waals surface area contributed by atoms with Crippen molar-refractivity contribution < 1.29 is 0 Å². The minimum atomic E-state index is 0.482. The predicted molar refractivity (Wildman–Crippen MR) is 73.1 cm³/mol. The summed E-state index contributed by atoms with van der Waals surface area (Å²) < 4.78 is 0. The first-order valence-electron chi connectivity index (χ1n) is 6.14. The highest BCUT2D eigenvalue weighted by molar-refractivity contribution is 5.46. The van der Waals surface area contributed by atoms with Gasteiger partial charge in [-0.3, -0.25) is 0 Å². The summed E-state index contributed by atoms with van der Waals surface area (Å²) in [7, 11) is 0. The maximum absolute atomic E-state index is 5.74. The predicted octanol–water partition coefficient (Wildman–Crippen LogP) is 1.96. The first-order chi connectivity index (χ1) is 8.85. The molecule has 0 spiro atoms. The highest BCUT2D eigenvalue weighted by Gasteiger charge is 2.11. The van der Waals surface area contributed by atoms with Crippen molar-refractivity contribution in [1.82, 2.24) is 10.2 Å². The Labute approximate surface area is 107 Å². The third-order valence-corrected chi connectivity index (χ3v) is 2.90. The summed E-state index contributed by atoms with van der Waals surface area (Å²) in [6.45, 7) is 4.29. The van der Waals surface area contributed by atoms with Crippen molar-refractivity contribution in [2.45, 2.75) is 20.0 Å². The van der Waals surface area contributed by atoms with Crippen LogP contribution in [-0.4, -0.2) is 16.7 Å². The Morgan fingerprint density at radius 3 is 2.61 bits per heavy atom. The van der Waals surface area contributed by atoms with E-state index in [0.717, 1.165) is 24.5 Å². The van der Waals surface area contributed by atoms with Crippen LogP contribution in [0, 0.1) is 0 Å². The normalized spacial score (nSPS) is 10.3. The molecule has 0 saturated heterocycles.